The zero-order chi connectivity index (χ0) is 13.7. The second kappa shape index (κ2) is 6.38. The smallest absolute Gasteiger partial charge is 0.274 e. The van der Waals surface area contributed by atoms with Gasteiger partial charge in [-0.1, -0.05) is 19.9 Å². The standard InChI is InChI=1S/C14H22N2O2/c1-10(2)8-9-11(3)15-13-6-5-7-14(12(13)4)16(17)18/h5-7,10-11,15H,8-9H2,1-4H3. The van der Waals surface area contributed by atoms with Gasteiger partial charge in [-0.25, -0.2) is 0 Å². The zero-order valence-electron chi connectivity index (χ0n) is 11.6. The Morgan fingerprint density at radius 2 is 1.94 bits per heavy atom. The molecular weight excluding hydrogens is 228 g/mol. The van der Waals surface area contributed by atoms with E-state index in [0.29, 0.717) is 17.5 Å². The summed E-state index contributed by atoms with van der Waals surface area (Å²) in [6.07, 6.45) is 2.22. The average molecular weight is 250 g/mol. The highest BCUT2D eigenvalue weighted by Crippen LogP contribution is 2.26. The topological polar surface area (TPSA) is 55.2 Å². The van der Waals surface area contributed by atoms with Gasteiger partial charge in [-0.2, -0.15) is 0 Å². The SMILES string of the molecule is Cc1c(NC(C)CCC(C)C)cccc1[N+](=O)[O-]. The van der Waals surface area contributed by atoms with Crippen LogP contribution in [0.4, 0.5) is 11.4 Å². The molecule has 0 bridgehead atoms. The molecule has 1 aromatic carbocycles. The fourth-order valence-electron chi connectivity index (χ4n) is 1.90. The van der Waals surface area contributed by atoms with Gasteiger partial charge in [0.25, 0.3) is 5.69 Å². The Kier molecular flexibility index (Phi) is 5.13. The second-order valence-corrected chi connectivity index (χ2v) is 5.22. The Balaban J connectivity index is 2.73. The fraction of sp³-hybridized carbons (Fsp3) is 0.571. The molecular formula is C14H22N2O2. The van der Waals surface area contributed by atoms with E-state index in [0.717, 1.165) is 18.5 Å². The van der Waals surface area contributed by atoms with Gasteiger partial charge in [-0.05, 0) is 38.7 Å². The van der Waals surface area contributed by atoms with Crippen LogP contribution < -0.4 is 5.32 Å². The highest BCUT2D eigenvalue weighted by molar-refractivity contribution is 5.60. The number of benzene rings is 1. The molecule has 18 heavy (non-hydrogen) atoms. The van der Waals surface area contributed by atoms with Gasteiger partial charge in [0.05, 0.1) is 4.92 Å². The minimum atomic E-state index is -0.334. The predicted octanol–water partition coefficient (Wildman–Crippen LogP) is 4.14. The first kappa shape index (κ1) is 14.5. The molecule has 0 aromatic heterocycles. The Hall–Kier alpha value is -1.58. The van der Waals surface area contributed by atoms with E-state index in [2.05, 4.69) is 26.1 Å². The van der Waals surface area contributed by atoms with Crippen LogP contribution in [0.1, 0.15) is 39.2 Å². The Bertz CT molecular complexity index is 416. The maximum atomic E-state index is 10.9. The molecule has 1 unspecified atom stereocenters. The minimum absolute atomic E-state index is 0.177. The van der Waals surface area contributed by atoms with E-state index in [4.69, 9.17) is 0 Å². The Morgan fingerprint density at radius 3 is 2.50 bits per heavy atom. The third kappa shape index (κ3) is 4.02. The van der Waals surface area contributed by atoms with Gasteiger partial charge in [0, 0.05) is 23.4 Å². The first-order chi connectivity index (χ1) is 8.41. The highest BCUT2D eigenvalue weighted by atomic mass is 16.6. The Labute approximate surface area is 109 Å². The maximum absolute atomic E-state index is 10.9. The molecule has 0 saturated carbocycles. The van der Waals surface area contributed by atoms with E-state index in [9.17, 15) is 10.1 Å². The Morgan fingerprint density at radius 1 is 1.28 bits per heavy atom. The van der Waals surface area contributed by atoms with Crippen LogP contribution in [0.15, 0.2) is 18.2 Å². The molecule has 0 spiro atoms. The van der Waals surface area contributed by atoms with Crippen molar-refractivity contribution in [1.29, 1.82) is 0 Å². The lowest BCUT2D eigenvalue weighted by molar-refractivity contribution is -0.385. The first-order valence-electron chi connectivity index (χ1n) is 6.42. The molecule has 1 aromatic rings. The second-order valence-electron chi connectivity index (χ2n) is 5.22. The van der Waals surface area contributed by atoms with Crippen molar-refractivity contribution in [3.8, 4) is 0 Å². The summed E-state index contributed by atoms with van der Waals surface area (Å²) in [4.78, 5) is 10.5. The summed E-state index contributed by atoms with van der Waals surface area (Å²) in [5.74, 6) is 0.681. The summed E-state index contributed by atoms with van der Waals surface area (Å²) in [7, 11) is 0. The zero-order valence-corrected chi connectivity index (χ0v) is 11.6. The predicted molar refractivity (Wildman–Crippen MR) is 75.0 cm³/mol. The number of hydrogen-bond donors (Lipinski definition) is 1. The summed E-state index contributed by atoms with van der Waals surface area (Å²) >= 11 is 0. The van der Waals surface area contributed by atoms with Crippen molar-refractivity contribution in [2.75, 3.05) is 5.32 Å². The van der Waals surface area contributed by atoms with E-state index in [1.165, 1.54) is 0 Å². The summed E-state index contributed by atoms with van der Waals surface area (Å²) in [5, 5.41) is 14.2. The molecule has 0 aliphatic carbocycles. The molecule has 0 aliphatic rings. The number of anilines is 1. The molecule has 0 saturated heterocycles. The number of nitrogens with one attached hydrogen (secondary N) is 1. The fourth-order valence-corrected chi connectivity index (χ4v) is 1.90. The van der Waals surface area contributed by atoms with Gasteiger partial charge in [0.15, 0.2) is 0 Å². The van der Waals surface area contributed by atoms with Gasteiger partial charge in [0.2, 0.25) is 0 Å². The van der Waals surface area contributed by atoms with E-state index >= 15 is 0 Å². The number of nitro groups is 1. The van der Waals surface area contributed by atoms with Gasteiger partial charge in [-0.3, -0.25) is 10.1 Å². The molecule has 4 nitrogen and oxygen atoms in total. The van der Waals surface area contributed by atoms with Crippen LogP contribution in [-0.2, 0) is 0 Å². The van der Waals surface area contributed by atoms with Gasteiger partial charge < -0.3 is 5.32 Å². The molecule has 100 valence electrons. The van der Waals surface area contributed by atoms with Gasteiger partial charge in [-0.15, -0.1) is 0 Å². The number of nitrogens with zero attached hydrogens (tertiary/aromatic N) is 1. The van der Waals surface area contributed by atoms with Crippen LogP contribution in [0, 0.1) is 23.0 Å². The third-order valence-electron chi connectivity index (χ3n) is 3.08. The summed E-state index contributed by atoms with van der Waals surface area (Å²) < 4.78 is 0. The molecule has 0 fully saturated rings. The van der Waals surface area contributed by atoms with Crippen LogP contribution in [0.5, 0.6) is 0 Å². The lowest BCUT2D eigenvalue weighted by Crippen LogP contribution is -2.16. The minimum Gasteiger partial charge on any atom is -0.382 e. The van der Waals surface area contributed by atoms with Crippen molar-refractivity contribution < 1.29 is 4.92 Å². The first-order valence-corrected chi connectivity index (χ1v) is 6.42. The van der Waals surface area contributed by atoms with Crippen molar-refractivity contribution in [3.05, 3.63) is 33.9 Å². The number of hydrogen-bond acceptors (Lipinski definition) is 3. The van der Waals surface area contributed by atoms with Crippen molar-refractivity contribution in [1.82, 2.24) is 0 Å². The van der Waals surface area contributed by atoms with E-state index in [1.54, 1.807) is 19.1 Å². The van der Waals surface area contributed by atoms with Crippen LogP contribution in [0.25, 0.3) is 0 Å². The molecule has 1 rings (SSSR count). The maximum Gasteiger partial charge on any atom is 0.274 e. The molecule has 0 aliphatic heterocycles. The molecule has 1 N–H and O–H groups in total. The molecule has 0 amide bonds. The van der Waals surface area contributed by atoms with Crippen LogP contribution >= 0.6 is 0 Å². The van der Waals surface area contributed by atoms with Crippen LogP contribution in [-0.4, -0.2) is 11.0 Å². The molecule has 1 atom stereocenters. The summed E-state index contributed by atoms with van der Waals surface area (Å²) in [6, 6.07) is 5.49. The molecule has 0 radical (unpaired) electrons. The summed E-state index contributed by atoms with van der Waals surface area (Å²) in [5.41, 5.74) is 1.75. The van der Waals surface area contributed by atoms with E-state index < -0.39 is 0 Å². The average Bonchev–Trinajstić information content (AvgIpc) is 2.29. The van der Waals surface area contributed by atoms with Crippen LogP contribution in [0.3, 0.4) is 0 Å². The normalized spacial score (nSPS) is 12.5. The number of rotatable bonds is 6. The third-order valence-corrected chi connectivity index (χ3v) is 3.08. The van der Waals surface area contributed by atoms with Crippen molar-refractivity contribution >= 4 is 11.4 Å². The lowest BCUT2D eigenvalue weighted by atomic mass is 10.0. The molecule has 0 heterocycles. The van der Waals surface area contributed by atoms with Gasteiger partial charge >= 0.3 is 0 Å². The van der Waals surface area contributed by atoms with Gasteiger partial charge in [0.1, 0.15) is 0 Å². The lowest BCUT2D eigenvalue weighted by Gasteiger charge is -2.17. The quantitative estimate of drug-likeness (QED) is 0.609. The highest BCUT2D eigenvalue weighted by Gasteiger charge is 2.14. The van der Waals surface area contributed by atoms with Crippen molar-refractivity contribution in [2.45, 2.75) is 46.6 Å². The van der Waals surface area contributed by atoms with Crippen molar-refractivity contribution in [2.24, 2.45) is 5.92 Å². The summed E-state index contributed by atoms with van der Waals surface area (Å²) in [6.45, 7) is 8.30. The van der Waals surface area contributed by atoms with E-state index in [1.807, 2.05) is 6.07 Å². The molecule has 4 heteroatoms. The number of nitro benzene ring substituents is 1. The largest absolute Gasteiger partial charge is 0.382 e. The van der Waals surface area contributed by atoms with Crippen molar-refractivity contribution in [3.63, 3.8) is 0 Å². The monoisotopic (exact) mass is 250 g/mol. The van der Waals surface area contributed by atoms with Crippen LogP contribution in [0.2, 0.25) is 0 Å². The van der Waals surface area contributed by atoms with E-state index in [-0.39, 0.29) is 10.6 Å².